The Morgan fingerprint density at radius 1 is 0.854 bits per heavy atom. The van der Waals surface area contributed by atoms with Crippen LogP contribution in [0.15, 0.2) is 71.6 Å². The Labute approximate surface area is 245 Å². The summed E-state index contributed by atoms with van der Waals surface area (Å²) in [4.78, 5) is 29.2. The highest BCUT2D eigenvalue weighted by Crippen LogP contribution is 2.29. The van der Waals surface area contributed by atoms with Crippen LogP contribution in [-0.2, 0) is 26.2 Å². The van der Waals surface area contributed by atoms with Gasteiger partial charge in [-0.2, -0.15) is 0 Å². The van der Waals surface area contributed by atoms with Gasteiger partial charge in [-0.3, -0.25) is 13.9 Å². The topological polar surface area (TPSA) is 86.8 Å². The molecule has 0 saturated carbocycles. The summed E-state index contributed by atoms with van der Waals surface area (Å²) >= 11 is 0. The molecule has 0 aliphatic heterocycles. The first-order chi connectivity index (χ1) is 19.3. The van der Waals surface area contributed by atoms with Gasteiger partial charge in [0, 0.05) is 13.1 Å². The van der Waals surface area contributed by atoms with Crippen LogP contribution in [0.25, 0.3) is 0 Å². The fourth-order valence-corrected chi connectivity index (χ4v) is 6.16. The molecule has 0 radical (unpaired) electrons. The Kier molecular flexibility index (Phi) is 10.7. The quantitative estimate of drug-likeness (QED) is 0.299. The zero-order valence-electron chi connectivity index (χ0n) is 25.3. The number of carbonyl (C=O) groups excluding carboxylic acids is 2. The summed E-state index contributed by atoms with van der Waals surface area (Å²) in [6.45, 7) is 13.7. The van der Waals surface area contributed by atoms with E-state index in [1.165, 1.54) is 9.21 Å². The van der Waals surface area contributed by atoms with Gasteiger partial charge in [0.2, 0.25) is 11.8 Å². The Bertz CT molecular complexity index is 1470. The van der Waals surface area contributed by atoms with E-state index in [9.17, 15) is 18.0 Å². The van der Waals surface area contributed by atoms with E-state index in [4.69, 9.17) is 0 Å². The molecule has 0 aromatic heterocycles. The molecular formula is C33H43N3O4S. The van der Waals surface area contributed by atoms with Crippen LogP contribution in [0.1, 0.15) is 55.0 Å². The summed E-state index contributed by atoms with van der Waals surface area (Å²) in [5.41, 5.74) is 4.87. The molecule has 0 aliphatic carbocycles. The number of rotatable bonds is 12. The first kappa shape index (κ1) is 31.9. The van der Waals surface area contributed by atoms with Gasteiger partial charge in [-0.05, 0) is 74.9 Å². The molecule has 0 aliphatic rings. The van der Waals surface area contributed by atoms with Crippen molar-refractivity contribution in [1.29, 1.82) is 0 Å². The average molecular weight is 578 g/mol. The van der Waals surface area contributed by atoms with E-state index in [-0.39, 0.29) is 23.3 Å². The Hall–Kier alpha value is -3.65. The molecule has 3 aromatic rings. The largest absolute Gasteiger partial charge is 0.354 e. The summed E-state index contributed by atoms with van der Waals surface area (Å²) in [6.07, 6.45) is 0.385. The number of carbonyl (C=O) groups is 2. The van der Waals surface area contributed by atoms with Crippen LogP contribution < -0.4 is 9.62 Å². The summed E-state index contributed by atoms with van der Waals surface area (Å²) < 4.78 is 29.4. The molecule has 0 heterocycles. The van der Waals surface area contributed by atoms with Crippen molar-refractivity contribution < 1.29 is 18.0 Å². The minimum absolute atomic E-state index is 0.101. The molecule has 1 N–H and O–H groups in total. The number of hydrogen-bond acceptors (Lipinski definition) is 4. The van der Waals surface area contributed by atoms with Gasteiger partial charge in [0.25, 0.3) is 10.0 Å². The van der Waals surface area contributed by atoms with Crippen LogP contribution >= 0.6 is 0 Å². The SMILES string of the molecule is CC[C@H](C(=O)NCC(C)C)N(Cc1cccc(C)c1)C(=O)CN(c1cc(C)ccc1C)S(=O)(=O)c1ccc(C)cc1. The highest BCUT2D eigenvalue weighted by molar-refractivity contribution is 7.92. The lowest BCUT2D eigenvalue weighted by atomic mass is 10.1. The second-order valence-corrected chi connectivity index (χ2v) is 13.1. The van der Waals surface area contributed by atoms with Gasteiger partial charge in [-0.25, -0.2) is 8.42 Å². The summed E-state index contributed by atoms with van der Waals surface area (Å²) in [5, 5.41) is 2.96. The molecule has 7 nitrogen and oxygen atoms in total. The van der Waals surface area contributed by atoms with Crippen molar-refractivity contribution >= 4 is 27.5 Å². The van der Waals surface area contributed by atoms with Crippen LogP contribution in [0.3, 0.4) is 0 Å². The predicted molar refractivity (Wildman–Crippen MR) is 165 cm³/mol. The molecule has 3 aromatic carbocycles. The molecule has 0 fully saturated rings. The highest BCUT2D eigenvalue weighted by Gasteiger charge is 2.34. The molecular weight excluding hydrogens is 534 g/mol. The fraction of sp³-hybridized carbons (Fsp3) is 0.394. The molecule has 41 heavy (non-hydrogen) atoms. The van der Waals surface area contributed by atoms with Crippen LogP contribution in [0.4, 0.5) is 5.69 Å². The minimum Gasteiger partial charge on any atom is -0.354 e. The maximum absolute atomic E-state index is 14.2. The van der Waals surface area contributed by atoms with Crippen molar-refractivity contribution in [3.63, 3.8) is 0 Å². The number of hydrogen-bond donors (Lipinski definition) is 1. The molecule has 0 unspecified atom stereocenters. The van der Waals surface area contributed by atoms with Crippen LogP contribution in [0.5, 0.6) is 0 Å². The first-order valence-electron chi connectivity index (χ1n) is 14.1. The van der Waals surface area contributed by atoms with E-state index in [2.05, 4.69) is 5.32 Å². The zero-order valence-corrected chi connectivity index (χ0v) is 26.1. The highest BCUT2D eigenvalue weighted by atomic mass is 32.2. The van der Waals surface area contributed by atoms with Crippen LogP contribution in [0, 0.1) is 33.6 Å². The van der Waals surface area contributed by atoms with Crippen LogP contribution in [0.2, 0.25) is 0 Å². The molecule has 8 heteroatoms. The third-order valence-electron chi connectivity index (χ3n) is 7.03. The molecule has 0 spiro atoms. The summed E-state index contributed by atoms with van der Waals surface area (Å²) in [5.74, 6) is -0.451. The number of anilines is 1. The second-order valence-electron chi connectivity index (χ2n) is 11.2. The molecule has 220 valence electrons. The van der Waals surface area contributed by atoms with Gasteiger partial charge in [0.1, 0.15) is 12.6 Å². The smallest absolute Gasteiger partial charge is 0.264 e. The van der Waals surface area contributed by atoms with E-state index in [0.29, 0.717) is 18.7 Å². The average Bonchev–Trinajstić information content (AvgIpc) is 2.92. The van der Waals surface area contributed by atoms with Crippen molar-refractivity contribution in [3.8, 4) is 0 Å². The van der Waals surface area contributed by atoms with Gasteiger partial charge in [-0.1, -0.05) is 80.4 Å². The van der Waals surface area contributed by atoms with Crippen LogP contribution in [-0.4, -0.2) is 44.3 Å². The summed E-state index contributed by atoms with van der Waals surface area (Å²) in [7, 11) is -4.11. The number of benzene rings is 3. The minimum atomic E-state index is -4.11. The van der Waals surface area contributed by atoms with E-state index in [1.807, 2.05) is 84.9 Å². The Balaban J connectivity index is 2.09. The normalized spacial score (nSPS) is 12.2. The van der Waals surface area contributed by atoms with E-state index in [0.717, 1.165) is 27.8 Å². The summed E-state index contributed by atoms with van der Waals surface area (Å²) in [6, 6.07) is 19.2. The van der Waals surface area contributed by atoms with Gasteiger partial charge in [0.05, 0.1) is 10.6 Å². The maximum Gasteiger partial charge on any atom is 0.264 e. The van der Waals surface area contributed by atoms with Crippen molar-refractivity contribution in [2.75, 3.05) is 17.4 Å². The molecule has 2 amide bonds. The third-order valence-corrected chi connectivity index (χ3v) is 8.80. The van der Waals surface area contributed by atoms with Crippen molar-refractivity contribution in [2.24, 2.45) is 5.92 Å². The van der Waals surface area contributed by atoms with Gasteiger partial charge in [0.15, 0.2) is 0 Å². The molecule has 0 saturated heterocycles. The van der Waals surface area contributed by atoms with E-state index >= 15 is 0 Å². The Morgan fingerprint density at radius 2 is 1.49 bits per heavy atom. The number of nitrogens with zero attached hydrogens (tertiary/aromatic N) is 2. The molecule has 1 atom stereocenters. The third kappa shape index (κ3) is 8.19. The van der Waals surface area contributed by atoms with E-state index in [1.54, 1.807) is 30.3 Å². The standard InChI is InChI=1S/C33H43N3O4S/c1-8-30(33(38)34-20-23(2)3)35(21-28-11-9-10-25(5)18-28)32(37)22-36(31-19-26(6)12-15-27(31)7)41(39,40)29-16-13-24(4)14-17-29/h9-19,23,30H,8,20-22H2,1-7H3,(H,34,38)/t30-/m1/s1. The van der Waals surface area contributed by atoms with Gasteiger partial charge < -0.3 is 10.2 Å². The predicted octanol–water partition coefficient (Wildman–Crippen LogP) is 5.70. The monoisotopic (exact) mass is 577 g/mol. The Morgan fingerprint density at radius 3 is 2.10 bits per heavy atom. The zero-order chi connectivity index (χ0) is 30.3. The second kappa shape index (κ2) is 13.8. The maximum atomic E-state index is 14.2. The van der Waals surface area contributed by atoms with Gasteiger partial charge in [-0.15, -0.1) is 0 Å². The lowest BCUT2D eigenvalue weighted by molar-refractivity contribution is -0.140. The first-order valence-corrected chi connectivity index (χ1v) is 15.6. The number of amides is 2. The fourth-order valence-electron chi connectivity index (χ4n) is 4.69. The molecule has 0 bridgehead atoms. The van der Waals surface area contributed by atoms with Crippen molar-refractivity contribution in [2.45, 2.75) is 72.4 Å². The van der Waals surface area contributed by atoms with Crippen molar-refractivity contribution in [3.05, 3.63) is 94.5 Å². The number of sulfonamides is 1. The lowest BCUT2D eigenvalue weighted by Gasteiger charge is -2.34. The van der Waals surface area contributed by atoms with Gasteiger partial charge >= 0.3 is 0 Å². The van der Waals surface area contributed by atoms with E-state index < -0.39 is 28.5 Å². The lowest BCUT2D eigenvalue weighted by Crippen LogP contribution is -2.52. The number of aryl methyl sites for hydroxylation is 4. The van der Waals surface area contributed by atoms with Crippen molar-refractivity contribution in [1.82, 2.24) is 10.2 Å². The molecule has 3 rings (SSSR count). The number of nitrogens with one attached hydrogen (secondary N) is 1.